The van der Waals surface area contributed by atoms with Crippen LogP contribution < -0.4 is 0 Å². The lowest BCUT2D eigenvalue weighted by Gasteiger charge is -2.23. The van der Waals surface area contributed by atoms with Crippen LogP contribution in [0.3, 0.4) is 0 Å². The Kier molecular flexibility index (Phi) is 3.64. The number of halogens is 2. The normalized spacial score (nSPS) is 14.2. The molecule has 1 atom stereocenters. The largest absolute Gasteiger partial charge is 0.385 e. The van der Waals surface area contributed by atoms with Gasteiger partial charge in [0.2, 0.25) is 0 Å². The van der Waals surface area contributed by atoms with Crippen LogP contribution in [0.2, 0.25) is 5.02 Å². The average Bonchev–Trinajstić information content (AvgIpc) is 2.32. The molecule has 18 heavy (non-hydrogen) atoms. The topological polar surface area (TPSA) is 33.1 Å². The zero-order valence-electron chi connectivity index (χ0n) is 9.90. The molecule has 0 amide bonds. The van der Waals surface area contributed by atoms with Crippen molar-refractivity contribution in [1.29, 1.82) is 0 Å². The molecule has 0 fully saturated rings. The third-order valence-electron chi connectivity index (χ3n) is 2.79. The monoisotopic (exact) mass is 265 g/mol. The summed E-state index contributed by atoms with van der Waals surface area (Å²) in [6.45, 7) is 1.64. The van der Waals surface area contributed by atoms with Crippen LogP contribution in [0.4, 0.5) is 4.39 Å². The Morgan fingerprint density at radius 2 is 1.94 bits per heavy atom. The maximum Gasteiger partial charge on any atom is 0.141 e. The summed E-state index contributed by atoms with van der Waals surface area (Å²) >= 11 is 5.80. The Morgan fingerprint density at radius 3 is 2.56 bits per heavy atom. The van der Waals surface area contributed by atoms with Gasteiger partial charge in [0.15, 0.2) is 0 Å². The minimum atomic E-state index is -1.16. The van der Waals surface area contributed by atoms with E-state index in [1.807, 2.05) is 12.1 Å². The fourth-order valence-corrected chi connectivity index (χ4v) is 1.93. The summed E-state index contributed by atoms with van der Waals surface area (Å²) in [4.78, 5) is 3.75. The van der Waals surface area contributed by atoms with Crippen molar-refractivity contribution >= 4 is 11.6 Å². The maximum atomic E-state index is 13.1. The molecule has 1 heterocycles. The molecule has 0 aliphatic heterocycles. The zero-order chi connectivity index (χ0) is 13.2. The molecule has 1 unspecified atom stereocenters. The molecule has 0 bridgehead atoms. The summed E-state index contributed by atoms with van der Waals surface area (Å²) in [7, 11) is 0. The SMILES string of the molecule is CC(O)(Cc1ccc(Cl)cc1)c1cncc(F)c1. The van der Waals surface area contributed by atoms with Gasteiger partial charge in [-0.2, -0.15) is 0 Å². The molecule has 2 nitrogen and oxygen atoms in total. The Morgan fingerprint density at radius 1 is 1.28 bits per heavy atom. The van der Waals surface area contributed by atoms with Gasteiger partial charge in [-0.15, -0.1) is 0 Å². The molecule has 1 aromatic heterocycles. The van der Waals surface area contributed by atoms with Crippen molar-refractivity contribution in [2.75, 3.05) is 0 Å². The summed E-state index contributed by atoms with van der Waals surface area (Å²) in [5.41, 5.74) is 0.217. The van der Waals surface area contributed by atoms with Gasteiger partial charge in [0.25, 0.3) is 0 Å². The molecule has 2 aromatic rings. The second-order valence-electron chi connectivity index (χ2n) is 4.47. The predicted molar refractivity (Wildman–Crippen MR) is 68.9 cm³/mol. The highest BCUT2D eigenvalue weighted by molar-refractivity contribution is 6.30. The number of nitrogens with zero attached hydrogens (tertiary/aromatic N) is 1. The van der Waals surface area contributed by atoms with E-state index in [2.05, 4.69) is 4.98 Å². The van der Waals surface area contributed by atoms with Crippen LogP contribution in [0.15, 0.2) is 42.7 Å². The van der Waals surface area contributed by atoms with Crippen LogP contribution >= 0.6 is 11.6 Å². The second kappa shape index (κ2) is 5.04. The minimum Gasteiger partial charge on any atom is -0.385 e. The second-order valence-corrected chi connectivity index (χ2v) is 4.91. The van der Waals surface area contributed by atoms with Gasteiger partial charge in [-0.1, -0.05) is 23.7 Å². The van der Waals surface area contributed by atoms with E-state index < -0.39 is 11.4 Å². The van der Waals surface area contributed by atoms with E-state index in [9.17, 15) is 9.50 Å². The fourth-order valence-electron chi connectivity index (χ4n) is 1.81. The van der Waals surface area contributed by atoms with E-state index in [1.54, 1.807) is 19.1 Å². The molecular weight excluding hydrogens is 253 g/mol. The lowest BCUT2D eigenvalue weighted by molar-refractivity contribution is 0.0569. The molecule has 0 saturated carbocycles. The Labute approximate surface area is 110 Å². The highest BCUT2D eigenvalue weighted by Crippen LogP contribution is 2.25. The summed E-state index contributed by atoms with van der Waals surface area (Å²) in [6, 6.07) is 8.49. The lowest BCUT2D eigenvalue weighted by atomic mass is 9.90. The summed E-state index contributed by atoms with van der Waals surface area (Å²) in [5.74, 6) is -0.455. The number of rotatable bonds is 3. The van der Waals surface area contributed by atoms with Crippen LogP contribution in [-0.4, -0.2) is 10.1 Å². The van der Waals surface area contributed by atoms with Gasteiger partial charge >= 0.3 is 0 Å². The molecular formula is C14H13ClFNO. The number of aromatic nitrogens is 1. The van der Waals surface area contributed by atoms with E-state index in [-0.39, 0.29) is 0 Å². The quantitative estimate of drug-likeness (QED) is 0.923. The minimum absolute atomic E-state index is 0.370. The molecule has 1 aromatic carbocycles. The standard InChI is InChI=1S/C14H13ClFNO/c1-14(18,11-6-13(16)9-17-8-11)7-10-2-4-12(15)5-3-10/h2-6,8-9,18H,7H2,1H3. The van der Waals surface area contributed by atoms with E-state index >= 15 is 0 Å². The van der Waals surface area contributed by atoms with Gasteiger partial charge in [-0.3, -0.25) is 4.98 Å². The molecule has 0 aliphatic carbocycles. The molecule has 4 heteroatoms. The lowest BCUT2D eigenvalue weighted by Crippen LogP contribution is -2.24. The first-order valence-corrected chi connectivity index (χ1v) is 5.93. The Balaban J connectivity index is 2.23. The first kappa shape index (κ1) is 13.0. The third-order valence-corrected chi connectivity index (χ3v) is 3.04. The molecule has 0 spiro atoms. The van der Waals surface area contributed by atoms with Crippen molar-refractivity contribution in [1.82, 2.24) is 4.98 Å². The summed E-state index contributed by atoms with van der Waals surface area (Å²) < 4.78 is 13.1. The maximum absolute atomic E-state index is 13.1. The van der Waals surface area contributed by atoms with Crippen molar-refractivity contribution in [3.8, 4) is 0 Å². The van der Waals surface area contributed by atoms with Gasteiger partial charge in [0.05, 0.1) is 11.8 Å². The van der Waals surface area contributed by atoms with Crippen LogP contribution in [-0.2, 0) is 12.0 Å². The smallest absolute Gasteiger partial charge is 0.141 e. The van der Waals surface area contributed by atoms with Gasteiger partial charge in [0.1, 0.15) is 5.82 Å². The van der Waals surface area contributed by atoms with Crippen molar-refractivity contribution in [3.63, 3.8) is 0 Å². The molecule has 0 saturated heterocycles. The Hall–Kier alpha value is -1.45. The van der Waals surface area contributed by atoms with Crippen molar-refractivity contribution in [3.05, 3.63) is 64.7 Å². The number of pyridine rings is 1. The van der Waals surface area contributed by atoms with Crippen LogP contribution in [0, 0.1) is 5.82 Å². The number of hydrogen-bond acceptors (Lipinski definition) is 2. The van der Waals surface area contributed by atoms with Crippen molar-refractivity contribution < 1.29 is 9.50 Å². The molecule has 0 radical (unpaired) electrons. The van der Waals surface area contributed by atoms with Crippen LogP contribution in [0.25, 0.3) is 0 Å². The van der Waals surface area contributed by atoms with E-state index in [1.165, 1.54) is 12.3 Å². The first-order valence-electron chi connectivity index (χ1n) is 5.55. The van der Waals surface area contributed by atoms with Crippen LogP contribution in [0.1, 0.15) is 18.1 Å². The molecule has 0 aliphatic rings. The Bertz CT molecular complexity index is 540. The van der Waals surface area contributed by atoms with Crippen molar-refractivity contribution in [2.24, 2.45) is 0 Å². The van der Waals surface area contributed by atoms with E-state index in [4.69, 9.17) is 11.6 Å². The number of benzene rings is 1. The highest BCUT2D eigenvalue weighted by Gasteiger charge is 2.24. The molecule has 94 valence electrons. The zero-order valence-corrected chi connectivity index (χ0v) is 10.7. The third kappa shape index (κ3) is 3.06. The van der Waals surface area contributed by atoms with Gasteiger partial charge in [-0.25, -0.2) is 4.39 Å². The van der Waals surface area contributed by atoms with Crippen LogP contribution in [0.5, 0.6) is 0 Å². The number of hydrogen-bond donors (Lipinski definition) is 1. The fraction of sp³-hybridized carbons (Fsp3) is 0.214. The summed E-state index contributed by atoms with van der Waals surface area (Å²) in [5, 5.41) is 11.0. The molecule has 2 rings (SSSR count). The summed E-state index contributed by atoms with van der Waals surface area (Å²) in [6.07, 6.45) is 2.95. The van der Waals surface area contributed by atoms with Gasteiger partial charge in [0, 0.05) is 23.2 Å². The highest BCUT2D eigenvalue weighted by atomic mass is 35.5. The van der Waals surface area contributed by atoms with Gasteiger partial charge < -0.3 is 5.11 Å². The van der Waals surface area contributed by atoms with Crippen molar-refractivity contribution in [2.45, 2.75) is 18.9 Å². The van der Waals surface area contributed by atoms with Gasteiger partial charge in [-0.05, 0) is 30.7 Å². The van der Waals surface area contributed by atoms with E-state index in [0.29, 0.717) is 17.0 Å². The first-order chi connectivity index (χ1) is 8.47. The average molecular weight is 266 g/mol. The molecule has 1 N–H and O–H groups in total. The predicted octanol–water partition coefficient (Wildman–Crippen LogP) is 3.32. The number of aliphatic hydroxyl groups is 1. The van der Waals surface area contributed by atoms with E-state index in [0.717, 1.165) is 11.8 Å².